The van der Waals surface area contributed by atoms with Crippen molar-refractivity contribution in [2.75, 3.05) is 26.2 Å². The van der Waals surface area contributed by atoms with Gasteiger partial charge in [-0.1, -0.05) is 0 Å². The summed E-state index contributed by atoms with van der Waals surface area (Å²) < 4.78 is 0. The Kier molecular flexibility index (Phi) is 2.97. The second kappa shape index (κ2) is 4.34. The summed E-state index contributed by atoms with van der Waals surface area (Å²) in [5.74, 6) is 0. The molecular weight excluding hydrogens is 230 g/mol. The van der Waals surface area contributed by atoms with Crippen LogP contribution in [0.2, 0.25) is 0 Å². The van der Waals surface area contributed by atoms with E-state index < -0.39 is 0 Å². The predicted molar refractivity (Wildman–Crippen MR) is 71.6 cm³/mol. The van der Waals surface area contributed by atoms with Crippen LogP contribution in [-0.4, -0.2) is 36.1 Å². The van der Waals surface area contributed by atoms with Gasteiger partial charge in [0.1, 0.15) is 5.01 Å². The van der Waals surface area contributed by atoms with Gasteiger partial charge in [0.05, 0.1) is 11.2 Å². The average molecular weight is 251 g/mol. The molecule has 1 fully saturated rings. The monoisotopic (exact) mass is 251 g/mol. The van der Waals surface area contributed by atoms with Crippen LogP contribution < -0.4 is 5.32 Å². The quantitative estimate of drug-likeness (QED) is 0.868. The van der Waals surface area contributed by atoms with Crippen molar-refractivity contribution in [3.8, 4) is 0 Å². The van der Waals surface area contributed by atoms with Crippen LogP contribution in [0, 0.1) is 0 Å². The molecule has 94 valence electrons. The maximum atomic E-state index is 4.89. The first-order chi connectivity index (χ1) is 8.18. The van der Waals surface area contributed by atoms with Crippen LogP contribution in [-0.2, 0) is 18.4 Å². The topological polar surface area (TPSA) is 28.2 Å². The number of hydrogen-bond donors (Lipinski definition) is 1. The minimum atomic E-state index is 0.108. The smallest absolute Gasteiger partial charge is 0.113 e. The van der Waals surface area contributed by atoms with Gasteiger partial charge in [0, 0.05) is 31.1 Å². The van der Waals surface area contributed by atoms with E-state index in [-0.39, 0.29) is 5.54 Å². The van der Waals surface area contributed by atoms with E-state index in [2.05, 4.69) is 24.1 Å². The van der Waals surface area contributed by atoms with Crippen LogP contribution in [0.15, 0.2) is 0 Å². The maximum absolute atomic E-state index is 4.89. The molecule has 2 heterocycles. The first-order valence-corrected chi connectivity index (χ1v) is 7.44. The molecule has 0 spiro atoms. The fraction of sp³-hybridized carbons (Fsp3) is 0.769. The second-order valence-electron chi connectivity index (χ2n) is 5.54. The van der Waals surface area contributed by atoms with Crippen LogP contribution >= 0.6 is 11.3 Å². The minimum absolute atomic E-state index is 0.108. The molecule has 1 aromatic rings. The van der Waals surface area contributed by atoms with Crippen LogP contribution in [0.3, 0.4) is 0 Å². The molecule has 0 radical (unpaired) electrons. The Morgan fingerprint density at radius 1 is 1.24 bits per heavy atom. The third-order valence-corrected chi connectivity index (χ3v) is 5.50. The largest absolute Gasteiger partial charge is 0.314 e. The molecule has 4 heteroatoms. The van der Waals surface area contributed by atoms with Gasteiger partial charge in [-0.05, 0) is 33.1 Å². The Bertz CT molecular complexity index is 383. The maximum Gasteiger partial charge on any atom is 0.113 e. The number of hydrogen-bond acceptors (Lipinski definition) is 4. The van der Waals surface area contributed by atoms with E-state index in [0.29, 0.717) is 0 Å². The summed E-state index contributed by atoms with van der Waals surface area (Å²) in [7, 11) is 0. The number of piperazine rings is 1. The number of fused-ring (bicyclic) bond motifs is 1. The van der Waals surface area contributed by atoms with Crippen molar-refractivity contribution in [1.82, 2.24) is 15.2 Å². The Morgan fingerprint density at radius 2 is 2.00 bits per heavy atom. The first kappa shape index (κ1) is 11.6. The summed E-state index contributed by atoms with van der Waals surface area (Å²) >= 11 is 1.95. The van der Waals surface area contributed by atoms with Gasteiger partial charge in [0.15, 0.2) is 0 Å². The summed E-state index contributed by atoms with van der Waals surface area (Å²) in [6.45, 7) is 9.14. The van der Waals surface area contributed by atoms with Crippen molar-refractivity contribution in [3.05, 3.63) is 15.6 Å². The molecule has 2 aliphatic rings. The van der Waals surface area contributed by atoms with Gasteiger partial charge in [0.2, 0.25) is 0 Å². The fourth-order valence-electron chi connectivity index (χ4n) is 2.81. The van der Waals surface area contributed by atoms with Crippen LogP contribution in [0.1, 0.15) is 35.8 Å². The van der Waals surface area contributed by atoms with Gasteiger partial charge in [-0.15, -0.1) is 11.3 Å². The van der Waals surface area contributed by atoms with Gasteiger partial charge >= 0.3 is 0 Å². The number of aryl methyl sites for hydroxylation is 2. The van der Waals surface area contributed by atoms with Gasteiger partial charge in [-0.25, -0.2) is 4.98 Å². The van der Waals surface area contributed by atoms with Gasteiger partial charge in [-0.2, -0.15) is 0 Å². The molecule has 1 N–H and O–H groups in total. The molecule has 0 atom stereocenters. The Morgan fingerprint density at radius 3 is 2.71 bits per heavy atom. The van der Waals surface area contributed by atoms with E-state index in [4.69, 9.17) is 4.98 Å². The SMILES string of the molecule is CC(C)(c1nc2c(s1)CCC2)N1CCNCC1. The van der Waals surface area contributed by atoms with Crippen molar-refractivity contribution in [2.45, 2.75) is 38.6 Å². The summed E-state index contributed by atoms with van der Waals surface area (Å²) in [6.07, 6.45) is 3.76. The third kappa shape index (κ3) is 2.02. The zero-order chi connectivity index (χ0) is 11.9. The molecule has 0 unspecified atom stereocenters. The lowest BCUT2D eigenvalue weighted by atomic mass is 10.0. The van der Waals surface area contributed by atoms with Crippen molar-refractivity contribution < 1.29 is 0 Å². The lowest BCUT2D eigenvalue weighted by Gasteiger charge is -2.39. The summed E-state index contributed by atoms with van der Waals surface area (Å²) in [4.78, 5) is 9.01. The minimum Gasteiger partial charge on any atom is -0.314 e. The number of nitrogens with one attached hydrogen (secondary N) is 1. The molecule has 3 nitrogen and oxygen atoms in total. The summed E-state index contributed by atoms with van der Waals surface area (Å²) in [6, 6.07) is 0. The molecular formula is C13H21N3S. The Labute approximate surface area is 107 Å². The molecule has 0 aromatic carbocycles. The molecule has 0 saturated carbocycles. The summed E-state index contributed by atoms with van der Waals surface area (Å²) in [5, 5.41) is 4.74. The molecule has 0 bridgehead atoms. The molecule has 17 heavy (non-hydrogen) atoms. The highest BCUT2D eigenvalue weighted by Gasteiger charge is 2.34. The lowest BCUT2D eigenvalue weighted by molar-refractivity contribution is 0.102. The van der Waals surface area contributed by atoms with Crippen molar-refractivity contribution in [2.24, 2.45) is 0 Å². The predicted octanol–water partition coefficient (Wildman–Crippen LogP) is 1.77. The van der Waals surface area contributed by atoms with E-state index in [9.17, 15) is 0 Å². The molecule has 3 rings (SSSR count). The fourth-order valence-corrected chi connectivity index (χ4v) is 4.09. The highest BCUT2D eigenvalue weighted by molar-refractivity contribution is 7.12. The molecule has 1 aliphatic carbocycles. The van der Waals surface area contributed by atoms with Crippen molar-refractivity contribution in [1.29, 1.82) is 0 Å². The average Bonchev–Trinajstić information content (AvgIpc) is 2.90. The number of aromatic nitrogens is 1. The molecule has 1 saturated heterocycles. The summed E-state index contributed by atoms with van der Waals surface area (Å²) in [5.41, 5.74) is 1.49. The van der Waals surface area contributed by atoms with Crippen LogP contribution in [0.5, 0.6) is 0 Å². The van der Waals surface area contributed by atoms with Gasteiger partial charge in [0.25, 0.3) is 0 Å². The van der Waals surface area contributed by atoms with E-state index in [0.717, 1.165) is 26.2 Å². The number of thiazole rings is 1. The lowest BCUT2D eigenvalue weighted by Crippen LogP contribution is -2.51. The zero-order valence-electron chi connectivity index (χ0n) is 10.8. The highest BCUT2D eigenvalue weighted by atomic mass is 32.1. The van der Waals surface area contributed by atoms with Crippen molar-refractivity contribution >= 4 is 11.3 Å². The van der Waals surface area contributed by atoms with Crippen LogP contribution in [0.25, 0.3) is 0 Å². The standard InChI is InChI=1S/C13H21N3S/c1-13(2,16-8-6-14-7-9-16)12-15-10-4-3-5-11(10)17-12/h14H,3-9H2,1-2H3. The Balaban J connectivity index is 1.84. The van der Waals surface area contributed by atoms with Gasteiger partial charge < -0.3 is 5.32 Å². The zero-order valence-corrected chi connectivity index (χ0v) is 11.6. The normalized spacial score (nSPS) is 21.8. The van der Waals surface area contributed by atoms with E-state index in [1.165, 1.54) is 30.0 Å². The van der Waals surface area contributed by atoms with Gasteiger partial charge in [-0.3, -0.25) is 4.90 Å². The third-order valence-electron chi connectivity index (χ3n) is 4.03. The highest BCUT2D eigenvalue weighted by Crippen LogP contribution is 2.36. The van der Waals surface area contributed by atoms with E-state index in [1.54, 1.807) is 4.88 Å². The van der Waals surface area contributed by atoms with E-state index in [1.807, 2.05) is 11.3 Å². The molecule has 0 amide bonds. The first-order valence-electron chi connectivity index (χ1n) is 6.63. The van der Waals surface area contributed by atoms with Crippen LogP contribution in [0.4, 0.5) is 0 Å². The van der Waals surface area contributed by atoms with Crippen molar-refractivity contribution in [3.63, 3.8) is 0 Å². The number of rotatable bonds is 2. The van der Waals surface area contributed by atoms with E-state index >= 15 is 0 Å². The second-order valence-corrected chi connectivity index (χ2v) is 6.62. The Hall–Kier alpha value is -0.450. The number of nitrogens with zero attached hydrogens (tertiary/aromatic N) is 2. The molecule has 1 aromatic heterocycles. The molecule has 1 aliphatic heterocycles.